The van der Waals surface area contributed by atoms with Crippen LogP contribution < -0.4 is 9.78 Å². The Hall–Kier alpha value is 0.646. The fourth-order valence-corrected chi connectivity index (χ4v) is 20.8. The third kappa shape index (κ3) is 7.10. The fraction of sp³-hybridized carbons (Fsp3) is 0.765. The van der Waals surface area contributed by atoms with E-state index in [2.05, 4.69) is 72.1 Å². The molecule has 3 nitrogen and oxygen atoms in total. The van der Waals surface area contributed by atoms with E-state index in [0.717, 1.165) is 3.28 Å². The number of allylic oxidation sites excluding steroid dienone is 4. The zero-order chi connectivity index (χ0) is 19.0. The van der Waals surface area contributed by atoms with Gasteiger partial charge < -0.3 is 0 Å². The SMILES string of the molecule is CC(C)(C)[NH][Zr]([NH]C(C)(C)C)([NH]C(C)(C)C)[C]1=[C]([GeH]([F])[F])C=CC1. The first-order valence-corrected chi connectivity index (χ1v) is 16.6. The van der Waals surface area contributed by atoms with Crippen LogP contribution in [0.4, 0.5) is 7.00 Å². The van der Waals surface area contributed by atoms with Crippen LogP contribution in [0.5, 0.6) is 0 Å². The molecule has 24 heavy (non-hydrogen) atoms. The van der Waals surface area contributed by atoms with Crippen LogP contribution in [0.25, 0.3) is 0 Å². The molecule has 140 valence electrons. The summed E-state index contributed by atoms with van der Waals surface area (Å²) in [6, 6.07) is 0. The molecule has 0 saturated heterocycles. The van der Waals surface area contributed by atoms with Gasteiger partial charge >= 0.3 is 158 Å². The first-order chi connectivity index (χ1) is 10.5. The van der Waals surface area contributed by atoms with Crippen molar-refractivity contribution >= 4 is 15.3 Å². The summed E-state index contributed by atoms with van der Waals surface area (Å²) in [6.07, 6.45) is 4.23. The third-order valence-corrected chi connectivity index (χ3v) is 18.7. The van der Waals surface area contributed by atoms with E-state index >= 15 is 0 Å². The fourth-order valence-electron chi connectivity index (χ4n) is 3.10. The molecule has 0 aromatic heterocycles. The Balaban J connectivity index is 3.54. The van der Waals surface area contributed by atoms with Crippen LogP contribution in [0.1, 0.15) is 68.7 Å². The predicted molar refractivity (Wildman–Crippen MR) is 98.8 cm³/mol. The average molecular weight is 483 g/mol. The van der Waals surface area contributed by atoms with Gasteiger partial charge in [-0.25, -0.2) is 0 Å². The van der Waals surface area contributed by atoms with Gasteiger partial charge in [0, 0.05) is 0 Å². The Morgan fingerprint density at radius 1 is 0.833 bits per heavy atom. The van der Waals surface area contributed by atoms with Crippen LogP contribution in [0.3, 0.4) is 0 Å². The molecule has 0 spiro atoms. The molecule has 1 rings (SSSR count). The second kappa shape index (κ2) is 7.72. The summed E-state index contributed by atoms with van der Waals surface area (Å²) < 4.78 is 40.4. The molecule has 0 unspecified atom stereocenters. The molecule has 0 radical (unpaired) electrons. The van der Waals surface area contributed by atoms with E-state index in [1.165, 1.54) is 0 Å². The van der Waals surface area contributed by atoms with Crippen LogP contribution in [0.15, 0.2) is 19.8 Å². The Morgan fingerprint density at radius 2 is 1.21 bits per heavy atom. The van der Waals surface area contributed by atoms with E-state index in [4.69, 9.17) is 0 Å². The molecule has 0 bridgehead atoms. The Labute approximate surface area is 157 Å². The molecule has 1 aliphatic rings. The average Bonchev–Trinajstić information content (AvgIpc) is 2.69. The van der Waals surface area contributed by atoms with E-state index in [0.29, 0.717) is 10.8 Å². The number of halogens is 2. The molecule has 0 amide bonds. The molecule has 0 atom stereocenters. The second-order valence-corrected chi connectivity index (χ2v) is 19.3. The zero-order valence-corrected chi connectivity index (χ0v) is 21.6. The monoisotopic (exact) mass is 483 g/mol. The zero-order valence-electron chi connectivity index (χ0n) is 16.7. The summed E-state index contributed by atoms with van der Waals surface area (Å²) in [6.45, 7) is 19.0. The van der Waals surface area contributed by atoms with Crippen LogP contribution in [0.2, 0.25) is 0 Å². The van der Waals surface area contributed by atoms with Gasteiger partial charge in [-0.15, -0.1) is 0 Å². The van der Waals surface area contributed by atoms with Gasteiger partial charge in [0.15, 0.2) is 0 Å². The van der Waals surface area contributed by atoms with Crippen LogP contribution in [-0.2, 0) is 21.1 Å². The minimum absolute atomic E-state index is 0.164. The molecular formula is C17H35F2GeN3Zr. The van der Waals surface area contributed by atoms with Crippen molar-refractivity contribution in [2.24, 2.45) is 0 Å². The summed E-state index contributed by atoms with van der Waals surface area (Å²) in [5, 5.41) is 0. The van der Waals surface area contributed by atoms with Gasteiger partial charge in [-0.1, -0.05) is 0 Å². The molecule has 3 N–H and O–H groups in total. The summed E-state index contributed by atoms with van der Waals surface area (Å²) in [4.78, 5) is 0. The Bertz CT molecular complexity index is 471. The van der Waals surface area contributed by atoms with Crippen molar-refractivity contribution in [1.29, 1.82) is 0 Å². The van der Waals surface area contributed by atoms with Crippen molar-refractivity contribution in [3.8, 4) is 0 Å². The Kier molecular flexibility index (Phi) is 7.29. The van der Waals surface area contributed by atoms with E-state index in [1.54, 1.807) is 6.08 Å². The van der Waals surface area contributed by atoms with Crippen molar-refractivity contribution in [1.82, 2.24) is 9.78 Å². The Morgan fingerprint density at radius 3 is 1.50 bits per heavy atom. The second-order valence-electron chi connectivity index (χ2n) is 9.72. The van der Waals surface area contributed by atoms with Crippen molar-refractivity contribution in [2.75, 3.05) is 0 Å². The van der Waals surface area contributed by atoms with Crippen LogP contribution in [0, 0.1) is 0 Å². The van der Waals surface area contributed by atoms with Gasteiger partial charge in [0.1, 0.15) is 0 Å². The van der Waals surface area contributed by atoms with Crippen molar-refractivity contribution < 1.29 is 28.1 Å². The number of hydrogen-bond donors (Lipinski definition) is 3. The predicted octanol–water partition coefficient (Wildman–Crippen LogP) is 3.96. The van der Waals surface area contributed by atoms with Crippen molar-refractivity contribution in [3.05, 3.63) is 19.8 Å². The number of rotatable bonds is 5. The molecule has 0 aliphatic heterocycles. The van der Waals surface area contributed by atoms with Crippen molar-refractivity contribution in [3.63, 3.8) is 0 Å². The molecule has 7 heteroatoms. The third-order valence-electron chi connectivity index (χ3n) is 3.34. The molecule has 0 saturated carbocycles. The number of hydrogen-bond acceptors (Lipinski definition) is 3. The van der Waals surface area contributed by atoms with Gasteiger partial charge in [-0.05, 0) is 0 Å². The molecule has 0 aromatic carbocycles. The molecular weight excluding hydrogens is 448 g/mol. The van der Waals surface area contributed by atoms with E-state index < -0.39 is 36.4 Å². The molecule has 0 aromatic rings. The molecule has 0 heterocycles. The van der Waals surface area contributed by atoms with Gasteiger partial charge in [-0.3, -0.25) is 0 Å². The van der Waals surface area contributed by atoms with Gasteiger partial charge in [0.05, 0.1) is 0 Å². The van der Waals surface area contributed by atoms with Crippen LogP contribution in [-0.4, -0.2) is 31.9 Å². The van der Waals surface area contributed by atoms with Crippen LogP contribution >= 0.6 is 0 Å². The summed E-state index contributed by atoms with van der Waals surface area (Å²) in [7, 11) is 0. The minimum atomic E-state index is -4.35. The standard InChI is InChI=1S/C5H5F2Ge.3C4H10N.Zr/c6-8(7)5-3-1-2-4-5;3*1-4(2,3)5;/h1,3,8H,2H2;3*5H,1-3H3;/q;3*-1;+3. The van der Waals surface area contributed by atoms with Crippen molar-refractivity contribution in [2.45, 2.75) is 85.4 Å². The summed E-state index contributed by atoms with van der Waals surface area (Å²) in [5.74, 6) is 0. The number of nitrogens with one attached hydrogen (secondary N) is 3. The van der Waals surface area contributed by atoms with E-state index in [9.17, 15) is 7.00 Å². The van der Waals surface area contributed by atoms with Gasteiger partial charge in [-0.2, -0.15) is 0 Å². The quantitative estimate of drug-likeness (QED) is 0.519. The van der Waals surface area contributed by atoms with Gasteiger partial charge in [0.2, 0.25) is 0 Å². The summed E-state index contributed by atoms with van der Waals surface area (Å²) in [5.41, 5.74) is -0.493. The van der Waals surface area contributed by atoms with Gasteiger partial charge in [0.25, 0.3) is 0 Å². The first-order valence-electron chi connectivity index (χ1n) is 8.61. The normalized spacial score (nSPS) is 17.3. The molecule has 1 aliphatic carbocycles. The van der Waals surface area contributed by atoms with E-state index in [1.807, 2.05) is 6.08 Å². The maximum atomic E-state index is 13.8. The maximum absolute atomic E-state index is 13.8. The molecule has 0 fully saturated rings. The van der Waals surface area contributed by atoms with E-state index in [-0.39, 0.29) is 16.6 Å². The topological polar surface area (TPSA) is 36.1 Å². The summed E-state index contributed by atoms with van der Waals surface area (Å²) >= 11 is -8.08. The first kappa shape index (κ1) is 22.7.